The van der Waals surface area contributed by atoms with Gasteiger partial charge < -0.3 is 11.1 Å². The fraction of sp³-hybridized carbons (Fsp3) is 0.500. The maximum atomic E-state index is 11.5. The summed E-state index contributed by atoms with van der Waals surface area (Å²) in [7, 11) is 0. The van der Waals surface area contributed by atoms with Crippen LogP contribution in [0.5, 0.6) is 0 Å². The van der Waals surface area contributed by atoms with Crippen LogP contribution in [0.15, 0.2) is 24.3 Å². The van der Waals surface area contributed by atoms with Gasteiger partial charge in [-0.1, -0.05) is 23.7 Å². The molecule has 0 bridgehead atoms. The third-order valence-electron chi connectivity index (χ3n) is 2.65. The van der Waals surface area contributed by atoms with Crippen molar-refractivity contribution in [2.75, 3.05) is 6.54 Å². The fourth-order valence-electron chi connectivity index (χ4n) is 1.52. The molecular weight excluding hydrogens is 248 g/mol. The number of hydrogen-bond acceptors (Lipinski definition) is 2. The zero-order valence-corrected chi connectivity index (χ0v) is 11.8. The normalized spacial score (nSPS) is 11.3. The van der Waals surface area contributed by atoms with E-state index < -0.39 is 0 Å². The standard InChI is InChI=1S/C14H21ClN2O/c1-14(2,16)9-7-13(18)17-10-8-11-3-5-12(15)6-4-11/h3-6H,7-10,16H2,1-2H3,(H,17,18). The van der Waals surface area contributed by atoms with Crippen LogP contribution in [0, 0.1) is 0 Å². The van der Waals surface area contributed by atoms with Crippen molar-refractivity contribution in [1.29, 1.82) is 0 Å². The van der Waals surface area contributed by atoms with Crippen molar-refractivity contribution in [3.8, 4) is 0 Å². The molecule has 0 aliphatic rings. The summed E-state index contributed by atoms with van der Waals surface area (Å²) in [5, 5.41) is 3.62. The van der Waals surface area contributed by atoms with Gasteiger partial charge in [-0.3, -0.25) is 4.79 Å². The van der Waals surface area contributed by atoms with Crippen LogP contribution in [0.1, 0.15) is 32.3 Å². The molecule has 1 amide bonds. The van der Waals surface area contributed by atoms with Gasteiger partial charge in [-0.25, -0.2) is 0 Å². The number of hydrogen-bond donors (Lipinski definition) is 2. The number of benzene rings is 1. The maximum absolute atomic E-state index is 11.5. The number of halogens is 1. The van der Waals surface area contributed by atoms with Crippen LogP contribution in [0.4, 0.5) is 0 Å². The van der Waals surface area contributed by atoms with E-state index in [0.717, 1.165) is 11.4 Å². The molecule has 1 aromatic rings. The van der Waals surface area contributed by atoms with Crippen LogP contribution < -0.4 is 11.1 Å². The first-order valence-electron chi connectivity index (χ1n) is 6.17. The van der Waals surface area contributed by atoms with Crippen molar-refractivity contribution in [3.63, 3.8) is 0 Å². The Hall–Kier alpha value is -1.06. The van der Waals surface area contributed by atoms with E-state index in [1.54, 1.807) is 0 Å². The van der Waals surface area contributed by atoms with Crippen LogP contribution in [-0.2, 0) is 11.2 Å². The van der Waals surface area contributed by atoms with Crippen LogP contribution in [0.25, 0.3) is 0 Å². The van der Waals surface area contributed by atoms with Crippen LogP contribution in [0.2, 0.25) is 5.02 Å². The molecule has 0 heterocycles. The Morgan fingerprint density at radius 3 is 2.50 bits per heavy atom. The summed E-state index contributed by atoms with van der Waals surface area (Å²) < 4.78 is 0. The molecule has 0 aliphatic heterocycles. The van der Waals surface area contributed by atoms with Gasteiger partial charge in [0.05, 0.1) is 0 Å². The topological polar surface area (TPSA) is 55.1 Å². The van der Waals surface area contributed by atoms with Gasteiger partial charge in [0.1, 0.15) is 0 Å². The third-order valence-corrected chi connectivity index (χ3v) is 2.90. The monoisotopic (exact) mass is 268 g/mol. The zero-order valence-electron chi connectivity index (χ0n) is 11.0. The van der Waals surface area contributed by atoms with Crippen molar-refractivity contribution in [2.45, 2.75) is 38.6 Å². The largest absolute Gasteiger partial charge is 0.356 e. The lowest BCUT2D eigenvalue weighted by molar-refractivity contribution is -0.121. The van der Waals surface area contributed by atoms with E-state index in [9.17, 15) is 4.79 Å². The highest BCUT2D eigenvalue weighted by Gasteiger charge is 2.12. The molecule has 0 saturated heterocycles. The van der Waals surface area contributed by atoms with Gasteiger partial charge >= 0.3 is 0 Å². The maximum Gasteiger partial charge on any atom is 0.220 e. The Bertz CT molecular complexity index is 382. The van der Waals surface area contributed by atoms with E-state index in [2.05, 4.69) is 5.32 Å². The number of amides is 1. The van der Waals surface area contributed by atoms with Gasteiger partial charge in [-0.05, 0) is 44.4 Å². The second-order valence-electron chi connectivity index (χ2n) is 5.22. The van der Waals surface area contributed by atoms with Gasteiger partial charge in [0.2, 0.25) is 5.91 Å². The second kappa shape index (κ2) is 6.76. The highest BCUT2D eigenvalue weighted by atomic mass is 35.5. The first-order chi connectivity index (χ1) is 8.37. The molecule has 0 radical (unpaired) electrons. The molecule has 0 aliphatic carbocycles. The van der Waals surface area contributed by atoms with E-state index in [1.165, 1.54) is 5.56 Å². The van der Waals surface area contributed by atoms with E-state index in [4.69, 9.17) is 17.3 Å². The van der Waals surface area contributed by atoms with Crippen molar-refractivity contribution < 1.29 is 4.79 Å². The first-order valence-corrected chi connectivity index (χ1v) is 6.55. The summed E-state index contributed by atoms with van der Waals surface area (Å²) in [5.74, 6) is 0.0579. The van der Waals surface area contributed by atoms with E-state index >= 15 is 0 Å². The predicted molar refractivity (Wildman–Crippen MR) is 75.7 cm³/mol. The highest BCUT2D eigenvalue weighted by Crippen LogP contribution is 2.10. The molecule has 100 valence electrons. The smallest absolute Gasteiger partial charge is 0.220 e. The Balaban J connectivity index is 2.21. The lowest BCUT2D eigenvalue weighted by Crippen LogP contribution is -2.34. The molecule has 0 atom stereocenters. The SMILES string of the molecule is CC(C)(N)CCC(=O)NCCc1ccc(Cl)cc1. The van der Waals surface area contributed by atoms with Crippen molar-refractivity contribution in [2.24, 2.45) is 5.73 Å². The highest BCUT2D eigenvalue weighted by molar-refractivity contribution is 6.30. The minimum atomic E-state index is -0.284. The molecule has 3 nitrogen and oxygen atoms in total. The molecule has 18 heavy (non-hydrogen) atoms. The summed E-state index contributed by atoms with van der Waals surface area (Å²) in [4.78, 5) is 11.5. The Morgan fingerprint density at radius 1 is 1.33 bits per heavy atom. The van der Waals surface area contributed by atoms with Gasteiger partial charge in [0.15, 0.2) is 0 Å². The van der Waals surface area contributed by atoms with Gasteiger partial charge in [-0.15, -0.1) is 0 Å². The predicted octanol–water partition coefficient (Wildman–Crippen LogP) is 2.52. The van der Waals surface area contributed by atoms with E-state index in [-0.39, 0.29) is 11.4 Å². The van der Waals surface area contributed by atoms with E-state index in [1.807, 2.05) is 38.1 Å². The molecule has 0 fully saturated rings. The number of carbonyl (C=O) groups is 1. The lowest BCUT2D eigenvalue weighted by atomic mass is 10.00. The van der Waals surface area contributed by atoms with Gasteiger partial charge in [-0.2, -0.15) is 0 Å². The zero-order chi connectivity index (χ0) is 13.6. The minimum absolute atomic E-state index is 0.0579. The molecule has 1 rings (SSSR count). The summed E-state index contributed by atoms with van der Waals surface area (Å²) in [6.45, 7) is 4.49. The Morgan fingerprint density at radius 2 is 1.94 bits per heavy atom. The molecule has 4 heteroatoms. The quantitative estimate of drug-likeness (QED) is 0.833. The average molecular weight is 269 g/mol. The van der Waals surface area contributed by atoms with Crippen LogP contribution in [0.3, 0.4) is 0 Å². The van der Waals surface area contributed by atoms with Gasteiger partial charge in [0.25, 0.3) is 0 Å². The van der Waals surface area contributed by atoms with Gasteiger partial charge in [0, 0.05) is 23.5 Å². The molecule has 1 aromatic carbocycles. The molecule has 3 N–H and O–H groups in total. The molecule has 0 unspecified atom stereocenters. The molecule has 0 aromatic heterocycles. The minimum Gasteiger partial charge on any atom is -0.356 e. The molecular formula is C14H21ClN2O. The average Bonchev–Trinajstić information content (AvgIpc) is 2.28. The summed E-state index contributed by atoms with van der Waals surface area (Å²) in [6.07, 6.45) is 1.98. The number of nitrogens with two attached hydrogens (primary N) is 1. The number of carbonyl (C=O) groups excluding carboxylic acids is 1. The number of nitrogens with one attached hydrogen (secondary N) is 1. The fourth-order valence-corrected chi connectivity index (χ4v) is 1.65. The Labute approximate surface area is 114 Å². The molecule has 0 saturated carbocycles. The molecule has 0 spiro atoms. The summed E-state index contributed by atoms with van der Waals surface area (Å²) in [6, 6.07) is 7.65. The van der Waals surface area contributed by atoms with Crippen molar-refractivity contribution in [3.05, 3.63) is 34.9 Å². The van der Waals surface area contributed by atoms with Crippen molar-refractivity contribution in [1.82, 2.24) is 5.32 Å². The third kappa shape index (κ3) is 6.62. The Kier molecular flexibility index (Phi) is 5.63. The number of rotatable bonds is 6. The lowest BCUT2D eigenvalue weighted by Gasteiger charge is -2.17. The van der Waals surface area contributed by atoms with Crippen LogP contribution >= 0.6 is 11.6 Å². The van der Waals surface area contributed by atoms with Crippen LogP contribution in [-0.4, -0.2) is 18.0 Å². The van der Waals surface area contributed by atoms with Crippen molar-refractivity contribution >= 4 is 17.5 Å². The summed E-state index contributed by atoms with van der Waals surface area (Å²) >= 11 is 5.80. The summed E-state index contributed by atoms with van der Waals surface area (Å²) in [5.41, 5.74) is 6.71. The van der Waals surface area contributed by atoms with E-state index in [0.29, 0.717) is 19.4 Å². The first kappa shape index (κ1) is 15.0. The second-order valence-corrected chi connectivity index (χ2v) is 5.65.